The summed E-state index contributed by atoms with van der Waals surface area (Å²) in [5, 5.41) is 0. The van der Waals surface area contributed by atoms with E-state index in [4.69, 9.17) is 0 Å². The second-order valence-electron chi connectivity index (χ2n) is 11.5. The van der Waals surface area contributed by atoms with Crippen LogP contribution in [0.1, 0.15) is 181 Å². The zero-order chi connectivity index (χ0) is 25.2. The third-order valence-corrected chi connectivity index (χ3v) is 8.07. The molecule has 1 unspecified atom stereocenters. The van der Waals surface area contributed by atoms with E-state index in [0.717, 1.165) is 0 Å². The zero-order valence-electron chi connectivity index (χ0n) is 24.7. The molecular weight excluding hydrogens is 424 g/mol. The predicted molar refractivity (Wildman–Crippen MR) is 159 cm³/mol. The van der Waals surface area contributed by atoms with Crippen molar-refractivity contribution < 1.29 is 0 Å². The molecule has 2 heteroatoms. The largest absolute Gasteiger partial charge is 0.356 e. The number of hydrogen-bond acceptors (Lipinski definition) is 2. The smallest absolute Gasteiger partial charge is 0.101 e. The molecule has 0 saturated carbocycles. The van der Waals surface area contributed by atoms with Gasteiger partial charge in [-0.05, 0) is 25.7 Å². The molecule has 1 aliphatic rings. The molecule has 1 heterocycles. The summed E-state index contributed by atoms with van der Waals surface area (Å²) in [5.41, 5.74) is 0. The van der Waals surface area contributed by atoms with Gasteiger partial charge in [-0.3, -0.25) is 0 Å². The molecule has 2 nitrogen and oxygen atoms in total. The highest BCUT2D eigenvalue weighted by atomic mass is 15.4. The van der Waals surface area contributed by atoms with Crippen LogP contribution in [0.15, 0.2) is 12.4 Å². The molecule has 1 atom stereocenters. The summed E-state index contributed by atoms with van der Waals surface area (Å²) in [7, 11) is 0. The molecule has 0 bridgehead atoms. The van der Waals surface area contributed by atoms with Gasteiger partial charge in [-0.15, -0.1) is 0 Å². The number of nitrogens with zero attached hydrogens (tertiary/aromatic N) is 2. The molecule has 0 saturated heterocycles. The number of unbranched alkanes of at least 4 members (excludes halogenated alkanes) is 21. The molecule has 0 aromatic rings. The second kappa shape index (κ2) is 25.0. The highest BCUT2D eigenvalue weighted by Crippen LogP contribution is 2.23. The first-order chi connectivity index (χ1) is 17.3. The molecule has 0 spiro atoms. The predicted octanol–water partition coefficient (Wildman–Crippen LogP) is 11.2. The monoisotopic (exact) mass is 491 g/mol. The fourth-order valence-electron chi connectivity index (χ4n) is 5.64. The molecule has 208 valence electrons. The van der Waals surface area contributed by atoms with Crippen LogP contribution < -0.4 is 0 Å². The summed E-state index contributed by atoms with van der Waals surface area (Å²) in [5.74, 6) is 0. The lowest BCUT2D eigenvalue weighted by Gasteiger charge is -2.33. The lowest BCUT2D eigenvalue weighted by atomic mass is 10.0. The molecule has 1 aliphatic heterocycles. The van der Waals surface area contributed by atoms with E-state index in [1.54, 1.807) is 0 Å². The van der Waals surface area contributed by atoms with Crippen molar-refractivity contribution in [2.45, 2.75) is 187 Å². The van der Waals surface area contributed by atoms with Crippen molar-refractivity contribution >= 4 is 0 Å². The molecule has 0 radical (unpaired) electrons. The quantitative estimate of drug-likeness (QED) is 0.106. The van der Waals surface area contributed by atoms with Crippen molar-refractivity contribution in [3.05, 3.63) is 12.4 Å². The average molecular weight is 491 g/mol. The maximum Gasteiger partial charge on any atom is 0.101 e. The Hall–Kier alpha value is -0.660. The van der Waals surface area contributed by atoms with Crippen LogP contribution in [0.3, 0.4) is 0 Å². The molecular formula is C33H66N2. The zero-order valence-corrected chi connectivity index (χ0v) is 24.7. The summed E-state index contributed by atoms with van der Waals surface area (Å²) in [6.45, 7) is 9.46. The Labute approximate surface area is 222 Å². The first-order valence-corrected chi connectivity index (χ1v) is 16.5. The van der Waals surface area contributed by atoms with E-state index in [-0.39, 0.29) is 0 Å². The fourth-order valence-corrected chi connectivity index (χ4v) is 5.64. The van der Waals surface area contributed by atoms with Crippen molar-refractivity contribution in [1.29, 1.82) is 0 Å². The average Bonchev–Trinajstić information content (AvgIpc) is 3.25. The SMILES string of the molecule is CCCCCCCCCCCCCCCCCCCN1C=CN(CCCCCCC)C1CCCC. The lowest BCUT2D eigenvalue weighted by Crippen LogP contribution is -2.39. The maximum atomic E-state index is 2.66. The molecule has 35 heavy (non-hydrogen) atoms. The summed E-state index contributed by atoms with van der Waals surface area (Å²) in [6, 6.07) is 0. The maximum absolute atomic E-state index is 2.66. The van der Waals surface area contributed by atoms with Gasteiger partial charge in [-0.2, -0.15) is 0 Å². The normalized spacial score (nSPS) is 15.6. The van der Waals surface area contributed by atoms with Gasteiger partial charge in [-0.1, -0.05) is 156 Å². The van der Waals surface area contributed by atoms with Gasteiger partial charge < -0.3 is 9.80 Å². The molecule has 0 aliphatic carbocycles. The molecule has 0 aromatic carbocycles. The van der Waals surface area contributed by atoms with Crippen molar-refractivity contribution in [1.82, 2.24) is 9.80 Å². The van der Waals surface area contributed by atoms with Gasteiger partial charge in [-0.25, -0.2) is 0 Å². The van der Waals surface area contributed by atoms with Crippen LogP contribution in [-0.2, 0) is 0 Å². The van der Waals surface area contributed by atoms with E-state index >= 15 is 0 Å². The van der Waals surface area contributed by atoms with Gasteiger partial charge in [0.15, 0.2) is 0 Å². The molecule has 1 rings (SSSR count). The number of hydrogen-bond donors (Lipinski definition) is 0. The highest BCUT2D eigenvalue weighted by Gasteiger charge is 2.24. The van der Waals surface area contributed by atoms with Crippen molar-refractivity contribution in [2.24, 2.45) is 0 Å². The number of rotatable bonds is 27. The van der Waals surface area contributed by atoms with Crippen LogP contribution in [0.25, 0.3) is 0 Å². The van der Waals surface area contributed by atoms with Gasteiger partial charge >= 0.3 is 0 Å². The summed E-state index contributed by atoms with van der Waals surface area (Å²) >= 11 is 0. The molecule has 0 fully saturated rings. The first-order valence-electron chi connectivity index (χ1n) is 16.5. The standard InChI is InChI=1S/C33H66N2/c1-4-7-10-12-13-14-15-16-17-18-19-20-21-22-23-25-27-30-35-32-31-34(33(35)28-9-6-3)29-26-24-11-8-5-2/h31-33H,4-30H2,1-3H3. The Morgan fingerprint density at radius 2 is 0.657 bits per heavy atom. The van der Waals surface area contributed by atoms with Gasteiger partial charge in [0.25, 0.3) is 0 Å². The Balaban J connectivity index is 1.95. The topological polar surface area (TPSA) is 6.48 Å². The van der Waals surface area contributed by atoms with Crippen LogP contribution in [0.2, 0.25) is 0 Å². The third kappa shape index (κ3) is 18.3. The Kier molecular flexibility index (Phi) is 23.1. The fraction of sp³-hybridized carbons (Fsp3) is 0.939. The molecule has 0 N–H and O–H groups in total. The van der Waals surface area contributed by atoms with Crippen LogP contribution in [0.4, 0.5) is 0 Å². The Morgan fingerprint density at radius 3 is 0.971 bits per heavy atom. The summed E-state index contributed by atoms with van der Waals surface area (Å²) < 4.78 is 0. The van der Waals surface area contributed by atoms with Crippen molar-refractivity contribution in [3.8, 4) is 0 Å². The summed E-state index contributed by atoms with van der Waals surface area (Å²) in [4.78, 5) is 5.31. The van der Waals surface area contributed by atoms with Crippen LogP contribution in [-0.4, -0.2) is 29.1 Å². The van der Waals surface area contributed by atoms with E-state index in [2.05, 4.69) is 43.0 Å². The van der Waals surface area contributed by atoms with E-state index < -0.39 is 0 Å². The molecule has 0 amide bonds. The minimum absolute atomic E-state index is 0.641. The van der Waals surface area contributed by atoms with Gasteiger partial charge in [0.2, 0.25) is 0 Å². The first kappa shape index (κ1) is 32.4. The van der Waals surface area contributed by atoms with E-state index in [0.29, 0.717) is 6.17 Å². The Morgan fingerprint density at radius 1 is 0.371 bits per heavy atom. The van der Waals surface area contributed by atoms with Crippen LogP contribution in [0, 0.1) is 0 Å². The second-order valence-corrected chi connectivity index (χ2v) is 11.5. The Bertz CT molecular complexity index is 446. The molecule has 0 aromatic heterocycles. The van der Waals surface area contributed by atoms with Crippen LogP contribution >= 0.6 is 0 Å². The van der Waals surface area contributed by atoms with Crippen molar-refractivity contribution in [2.75, 3.05) is 13.1 Å². The van der Waals surface area contributed by atoms with Crippen molar-refractivity contribution in [3.63, 3.8) is 0 Å². The van der Waals surface area contributed by atoms with Gasteiger partial charge in [0, 0.05) is 25.5 Å². The third-order valence-electron chi connectivity index (χ3n) is 8.07. The summed E-state index contributed by atoms with van der Waals surface area (Å²) in [6.07, 6.45) is 41.1. The lowest BCUT2D eigenvalue weighted by molar-refractivity contribution is 0.136. The van der Waals surface area contributed by atoms with E-state index in [1.165, 1.54) is 174 Å². The van der Waals surface area contributed by atoms with Crippen LogP contribution in [0.5, 0.6) is 0 Å². The highest BCUT2D eigenvalue weighted by molar-refractivity contribution is 4.96. The van der Waals surface area contributed by atoms with E-state index in [9.17, 15) is 0 Å². The minimum Gasteiger partial charge on any atom is -0.356 e. The van der Waals surface area contributed by atoms with Gasteiger partial charge in [0.1, 0.15) is 6.17 Å². The van der Waals surface area contributed by atoms with E-state index in [1.807, 2.05) is 0 Å². The minimum atomic E-state index is 0.641. The van der Waals surface area contributed by atoms with Gasteiger partial charge in [0.05, 0.1) is 0 Å².